The Labute approximate surface area is 141 Å². The number of hydrogen-bond donors (Lipinski definition) is 1. The predicted octanol–water partition coefficient (Wildman–Crippen LogP) is 3.25. The molecule has 6 nitrogen and oxygen atoms in total. The van der Waals surface area contributed by atoms with E-state index in [-0.39, 0.29) is 6.61 Å². The number of halogens is 1. The lowest BCUT2D eigenvalue weighted by molar-refractivity contribution is -0.142. The van der Waals surface area contributed by atoms with Crippen molar-refractivity contribution in [3.63, 3.8) is 0 Å². The maximum atomic E-state index is 11.7. The fraction of sp³-hybridized carbons (Fsp3) is 0.125. The fourth-order valence-electron chi connectivity index (χ4n) is 1.65. The molecule has 1 N–H and O–H groups in total. The first-order valence-corrected chi connectivity index (χ1v) is 7.40. The first kappa shape index (κ1) is 16.8. The molecule has 2 rings (SSSR count). The molecule has 120 valence electrons. The maximum absolute atomic E-state index is 11.7. The summed E-state index contributed by atoms with van der Waals surface area (Å²) in [5.41, 5.74) is 0.557. The molecule has 1 amide bonds. The number of hydrogen-bond acceptors (Lipinski definition) is 5. The van der Waals surface area contributed by atoms with Crippen molar-refractivity contribution in [1.82, 2.24) is 0 Å². The van der Waals surface area contributed by atoms with Crippen LogP contribution in [0.2, 0.25) is 0 Å². The molecule has 7 heteroatoms. The molecule has 0 unspecified atom stereocenters. The second-order valence-corrected chi connectivity index (χ2v) is 5.14. The molecule has 1 aromatic heterocycles. The summed E-state index contributed by atoms with van der Waals surface area (Å²) in [6.45, 7) is -0.387. The van der Waals surface area contributed by atoms with Crippen molar-refractivity contribution in [2.75, 3.05) is 19.0 Å². The normalized spacial score (nSPS) is 10.5. The van der Waals surface area contributed by atoms with Crippen molar-refractivity contribution in [3.8, 4) is 5.75 Å². The number of nitrogens with one attached hydrogen (secondary N) is 1. The number of esters is 1. The molecule has 0 aliphatic heterocycles. The molecule has 0 spiro atoms. The Bertz CT molecular complexity index is 723. The molecular formula is C16H14BrNO5. The number of amides is 1. The third kappa shape index (κ3) is 5.63. The summed E-state index contributed by atoms with van der Waals surface area (Å²) in [7, 11) is 1.53. The highest BCUT2D eigenvalue weighted by Gasteiger charge is 2.06. The van der Waals surface area contributed by atoms with Crippen LogP contribution in [0.4, 0.5) is 5.69 Å². The van der Waals surface area contributed by atoms with Crippen LogP contribution in [0.3, 0.4) is 0 Å². The SMILES string of the molecule is COc1cccc(NC(=O)COC(=O)C=Cc2ccc(Br)o2)c1. The largest absolute Gasteiger partial charge is 0.497 e. The average molecular weight is 380 g/mol. The number of rotatable bonds is 6. The van der Waals surface area contributed by atoms with Gasteiger partial charge in [0, 0.05) is 17.8 Å². The monoisotopic (exact) mass is 379 g/mol. The summed E-state index contributed by atoms with van der Waals surface area (Å²) >= 11 is 3.15. The average Bonchev–Trinajstić information content (AvgIpc) is 2.96. The van der Waals surface area contributed by atoms with E-state index in [2.05, 4.69) is 21.2 Å². The molecular weight excluding hydrogens is 366 g/mol. The first-order valence-electron chi connectivity index (χ1n) is 6.61. The van der Waals surface area contributed by atoms with Gasteiger partial charge in [-0.3, -0.25) is 4.79 Å². The number of ether oxygens (including phenoxy) is 2. The van der Waals surface area contributed by atoms with Gasteiger partial charge in [-0.1, -0.05) is 6.07 Å². The van der Waals surface area contributed by atoms with Crippen LogP contribution in [0, 0.1) is 0 Å². The van der Waals surface area contributed by atoms with Gasteiger partial charge in [0.1, 0.15) is 11.5 Å². The Kier molecular flexibility index (Phi) is 5.99. The van der Waals surface area contributed by atoms with E-state index in [0.717, 1.165) is 0 Å². The minimum absolute atomic E-state index is 0.387. The zero-order valence-electron chi connectivity index (χ0n) is 12.2. The van der Waals surface area contributed by atoms with E-state index in [9.17, 15) is 9.59 Å². The third-order valence-electron chi connectivity index (χ3n) is 2.68. The van der Waals surface area contributed by atoms with E-state index in [1.165, 1.54) is 19.3 Å². The van der Waals surface area contributed by atoms with Crippen molar-refractivity contribution >= 4 is 39.6 Å². The lowest BCUT2D eigenvalue weighted by Crippen LogP contribution is -2.20. The van der Waals surface area contributed by atoms with Crippen LogP contribution in [0.25, 0.3) is 6.08 Å². The third-order valence-corrected chi connectivity index (χ3v) is 3.10. The van der Waals surface area contributed by atoms with Gasteiger partial charge in [-0.05, 0) is 46.3 Å². The summed E-state index contributed by atoms with van der Waals surface area (Å²) in [5, 5.41) is 2.60. The molecule has 23 heavy (non-hydrogen) atoms. The quantitative estimate of drug-likeness (QED) is 0.615. The summed E-state index contributed by atoms with van der Waals surface area (Å²) in [5.74, 6) is 0.0288. The van der Waals surface area contributed by atoms with Crippen molar-refractivity contribution in [2.45, 2.75) is 0 Å². The van der Waals surface area contributed by atoms with E-state index in [0.29, 0.717) is 21.9 Å². The number of furan rings is 1. The minimum Gasteiger partial charge on any atom is -0.497 e. The number of benzene rings is 1. The highest BCUT2D eigenvalue weighted by atomic mass is 79.9. The summed E-state index contributed by atoms with van der Waals surface area (Å²) in [4.78, 5) is 23.2. The van der Waals surface area contributed by atoms with Crippen LogP contribution in [0.15, 0.2) is 51.6 Å². The van der Waals surface area contributed by atoms with Gasteiger partial charge in [-0.2, -0.15) is 0 Å². The molecule has 0 aliphatic rings. The van der Waals surface area contributed by atoms with Gasteiger partial charge in [-0.15, -0.1) is 0 Å². The van der Waals surface area contributed by atoms with E-state index in [1.807, 2.05) is 0 Å². The standard InChI is InChI=1S/C16H14BrNO5/c1-21-13-4-2-3-11(9-13)18-15(19)10-22-16(20)8-6-12-5-7-14(17)23-12/h2-9H,10H2,1H3,(H,18,19). The summed E-state index contributed by atoms with van der Waals surface area (Å²) in [6.07, 6.45) is 2.64. The number of carbonyl (C=O) groups excluding carboxylic acids is 2. The number of methoxy groups -OCH3 is 1. The highest BCUT2D eigenvalue weighted by Crippen LogP contribution is 2.16. The fourth-order valence-corrected chi connectivity index (χ4v) is 1.97. The van der Waals surface area contributed by atoms with E-state index >= 15 is 0 Å². The zero-order valence-corrected chi connectivity index (χ0v) is 13.8. The van der Waals surface area contributed by atoms with E-state index < -0.39 is 11.9 Å². The van der Waals surface area contributed by atoms with Crippen LogP contribution >= 0.6 is 15.9 Å². The van der Waals surface area contributed by atoms with Crippen LogP contribution < -0.4 is 10.1 Å². The minimum atomic E-state index is -0.640. The smallest absolute Gasteiger partial charge is 0.331 e. The zero-order chi connectivity index (χ0) is 16.7. The van der Waals surface area contributed by atoms with Gasteiger partial charge in [0.2, 0.25) is 0 Å². The molecule has 0 fully saturated rings. The molecule has 0 saturated carbocycles. The van der Waals surface area contributed by atoms with Crippen LogP contribution in [0.5, 0.6) is 5.75 Å². The second-order valence-electron chi connectivity index (χ2n) is 4.36. The van der Waals surface area contributed by atoms with Crippen LogP contribution in [-0.4, -0.2) is 25.6 Å². The van der Waals surface area contributed by atoms with Gasteiger partial charge in [0.25, 0.3) is 5.91 Å². The molecule has 0 atom stereocenters. The molecule has 0 saturated heterocycles. The summed E-state index contributed by atoms with van der Waals surface area (Å²) < 4.78 is 15.6. The van der Waals surface area contributed by atoms with Crippen molar-refractivity contribution in [3.05, 3.63) is 52.9 Å². The van der Waals surface area contributed by atoms with Gasteiger partial charge in [-0.25, -0.2) is 4.79 Å². The number of carbonyl (C=O) groups is 2. The van der Waals surface area contributed by atoms with Gasteiger partial charge < -0.3 is 19.2 Å². The molecule has 0 radical (unpaired) electrons. The van der Waals surface area contributed by atoms with Crippen LogP contribution in [-0.2, 0) is 14.3 Å². The topological polar surface area (TPSA) is 77.8 Å². The molecule has 0 bridgehead atoms. The molecule has 2 aromatic rings. The van der Waals surface area contributed by atoms with E-state index in [1.54, 1.807) is 36.4 Å². The van der Waals surface area contributed by atoms with Crippen molar-refractivity contribution < 1.29 is 23.5 Å². The van der Waals surface area contributed by atoms with Gasteiger partial charge in [0.05, 0.1) is 7.11 Å². The predicted molar refractivity (Wildman–Crippen MR) is 88.0 cm³/mol. The van der Waals surface area contributed by atoms with Crippen molar-refractivity contribution in [2.24, 2.45) is 0 Å². The maximum Gasteiger partial charge on any atom is 0.331 e. The second kappa shape index (κ2) is 8.19. The molecule has 1 aromatic carbocycles. The van der Waals surface area contributed by atoms with Gasteiger partial charge in [0.15, 0.2) is 11.3 Å². The lowest BCUT2D eigenvalue weighted by Gasteiger charge is -2.06. The van der Waals surface area contributed by atoms with Crippen molar-refractivity contribution in [1.29, 1.82) is 0 Å². The Morgan fingerprint density at radius 2 is 2.13 bits per heavy atom. The Morgan fingerprint density at radius 1 is 1.30 bits per heavy atom. The molecule has 1 heterocycles. The lowest BCUT2D eigenvalue weighted by atomic mass is 10.3. The molecule has 0 aliphatic carbocycles. The number of anilines is 1. The Hall–Kier alpha value is -2.54. The Morgan fingerprint density at radius 3 is 2.83 bits per heavy atom. The first-order chi connectivity index (χ1) is 11.1. The van der Waals surface area contributed by atoms with Gasteiger partial charge >= 0.3 is 5.97 Å². The highest BCUT2D eigenvalue weighted by molar-refractivity contribution is 9.10. The Balaban J connectivity index is 1.79. The summed E-state index contributed by atoms with van der Waals surface area (Å²) in [6, 6.07) is 10.2. The van der Waals surface area contributed by atoms with Crippen LogP contribution in [0.1, 0.15) is 5.76 Å². The van der Waals surface area contributed by atoms with E-state index in [4.69, 9.17) is 13.9 Å².